The van der Waals surface area contributed by atoms with Gasteiger partial charge in [-0.15, -0.1) is 0 Å². The van der Waals surface area contributed by atoms with Crippen LogP contribution in [-0.4, -0.2) is 22.4 Å². The molecule has 20 heavy (non-hydrogen) atoms. The predicted octanol–water partition coefficient (Wildman–Crippen LogP) is 4.68. The highest BCUT2D eigenvalue weighted by Crippen LogP contribution is 2.37. The molecule has 1 rings (SSSR count). The van der Waals surface area contributed by atoms with E-state index in [0.29, 0.717) is 11.8 Å². The first-order chi connectivity index (χ1) is 9.70. The molecule has 1 saturated carbocycles. The number of aliphatic hydroxyl groups excluding tert-OH is 2. The van der Waals surface area contributed by atoms with Gasteiger partial charge in [0.05, 0.1) is 12.2 Å². The molecule has 0 aromatic carbocycles. The van der Waals surface area contributed by atoms with Crippen molar-refractivity contribution in [1.82, 2.24) is 0 Å². The minimum Gasteiger partial charge on any atom is -0.390 e. The average Bonchev–Trinajstić information content (AvgIpc) is 2.45. The zero-order valence-corrected chi connectivity index (χ0v) is 13.7. The van der Waals surface area contributed by atoms with Gasteiger partial charge in [-0.25, -0.2) is 0 Å². The SMILES string of the molecule is CCCCCCCC1C(CCCCC)CCC(O)C1O. The molecular formula is C18H36O2. The first-order valence-electron chi connectivity index (χ1n) is 9.06. The second-order valence-corrected chi connectivity index (χ2v) is 6.76. The van der Waals surface area contributed by atoms with Crippen molar-refractivity contribution in [1.29, 1.82) is 0 Å². The van der Waals surface area contributed by atoms with E-state index in [9.17, 15) is 10.2 Å². The summed E-state index contributed by atoms with van der Waals surface area (Å²) in [4.78, 5) is 0. The van der Waals surface area contributed by atoms with Gasteiger partial charge in [0, 0.05) is 0 Å². The topological polar surface area (TPSA) is 40.5 Å². The van der Waals surface area contributed by atoms with Gasteiger partial charge in [-0.1, -0.05) is 71.6 Å². The standard InChI is InChI=1S/C18H36O2/c1-3-5-7-8-10-12-16-15(11-9-6-4-2)13-14-17(19)18(16)20/h15-20H,3-14H2,1-2H3. The third-order valence-corrected chi connectivity index (χ3v) is 5.09. The fourth-order valence-corrected chi connectivity index (χ4v) is 3.74. The van der Waals surface area contributed by atoms with Crippen LogP contribution in [0.1, 0.15) is 90.9 Å². The Hall–Kier alpha value is -0.0800. The molecule has 1 aliphatic rings. The highest BCUT2D eigenvalue weighted by Gasteiger charge is 2.36. The van der Waals surface area contributed by atoms with E-state index < -0.39 is 12.2 Å². The molecule has 2 nitrogen and oxygen atoms in total. The summed E-state index contributed by atoms with van der Waals surface area (Å²) in [5.74, 6) is 0.989. The number of unbranched alkanes of at least 4 members (excludes halogenated alkanes) is 6. The maximum Gasteiger partial charge on any atom is 0.0829 e. The molecule has 0 radical (unpaired) electrons. The number of hydrogen-bond donors (Lipinski definition) is 2. The van der Waals surface area contributed by atoms with Crippen molar-refractivity contribution in [3.8, 4) is 0 Å². The van der Waals surface area contributed by atoms with E-state index in [1.54, 1.807) is 0 Å². The lowest BCUT2D eigenvalue weighted by molar-refractivity contribution is -0.0720. The van der Waals surface area contributed by atoms with Gasteiger partial charge in [0.25, 0.3) is 0 Å². The molecule has 2 heteroatoms. The zero-order chi connectivity index (χ0) is 14.8. The molecule has 0 spiro atoms. The molecule has 0 bridgehead atoms. The Morgan fingerprint density at radius 2 is 1.35 bits per heavy atom. The van der Waals surface area contributed by atoms with Crippen LogP contribution in [0.25, 0.3) is 0 Å². The summed E-state index contributed by atoms with van der Waals surface area (Å²) in [6, 6.07) is 0. The van der Waals surface area contributed by atoms with Crippen molar-refractivity contribution in [2.45, 2.75) is 103 Å². The molecule has 1 fully saturated rings. The fourth-order valence-electron chi connectivity index (χ4n) is 3.74. The Morgan fingerprint density at radius 3 is 2.05 bits per heavy atom. The van der Waals surface area contributed by atoms with E-state index >= 15 is 0 Å². The summed E-state index contributed by atoms with van der Waals surface area (Å²) in [6.45, 7) is 4.48. The molecule has 4 unspecified atom stereocenters. The second-order valence-electron chi connectivity index (χ2n) is 6.76. The minimum atomic E-state index is -0.474. The molecule has 0 saturated heterocycles. The van der Waals surface area contributed by atoms with Gasteiger partial charge in [-0.3, -0.25) is 0 Å². The van der Waals surface area contributed by atoms with E-state index in [1.165, 1.54) is 57.8 Å². The van der Waals surface area contributed by atoms with Crippen molar-refractivity contribution >= 4 is 0 Å². The molecule has 1 aliphatic carbocycles. The van der Waals surface area contributed by atoms with Gasteiger partial charge in [-0.2, -0.15) is 0 Å². The van der Waals surface area contributed by atoms with Crippen LogP contribution in [0.2, 0.25) is 0 Å². The number of aliphatic hydroxyl groups is 2. The first kappa shape index (κ1) is 18.0. The fraction of sp³-hybridized carbons (Fsp3) is 1.00. The van der Waals surface area contributed by atoms with E-state index in [0.717, 1.165) is 19.3 Å². The number of rotatable bonds is 10. The normalized spacial score (nSPS) is 30.6. The highest BCUT2D eigenvalue weighted by molar-refractivity contribution is 4.87. The van der Waals surface area contributed by atoms with Crippen LogP contribution < -0.4 is 0 Å². The van der Waals surface area contributed by atoms with Crippen LogP contribution in [0.15, 0.2) is 0 Å². The molecule has 4 atom stereocenters. The van der Waals surface area contributed by atoms with Gasteiger partial charge in [-0.05, 0) is 31.1 Å². The van der Waals surface area contributed by atoms with Crippen molar-refractivity contribution in [3.05, 3.63) is 0 Å². The van der Waals surface area contributed by atoms with Crippen molar-refractivity contribution in [2.75, 3.05) is 0 Å². The Balaban J connectivity index is 2.36. The Labute approximate surface area is 126 Å². The summed E-state index contributed by atoms with van der Waals surface area (Å²) < 4.78 is 0. The summed E-state index contributed by atoms with van der Waals surface area (Å²) in [6.07, 6.45) is 13.6. The Kier molecular flexibility index (Phi) is 9.54. The van der Waals surface area contributed by atoms with Crippen molar-refractivity contribution < 1.29 is 10.2 Å². The summed E-state index contributed by atoms with van der Waals surface area (Å²) >= 11 is 0. The maximum absolute atomic E-state index is 10.3. The highest BCUT2D eigenvalue weighted by atomic mass is 16.3. The van der Waals surface area contributed by atoms with Crippen molar-refractivity contribution in [3.63, 3.8) is 0 Å². The summed E-state index contributed by atoms with van der Waals surface area (Å²) in [5.41, 5.74) is 0. The Morgan fingerprint density at radius 1 is 0.750 bits per heavy atom. The third kappa shape index (κ3) is 6.13. The minimum absolute atomic E-state index is 0.345. The molecule has 0 aromatic heterocycles. The summed E-state index contributed by atoms with van der Waals surface area (Å²) in [7, 11) is 0. The van der Waals surface area contributed by atoms with Crippen LogP contribution in [0.3, 0.4) is 0 Å². The lowest BCUT2D eigenvalue weighted by Gasteiger charge is -2.39. The van der Waals surface area contributed by atoms with Crippen LogP contribution in [0.5, 0.6) is 0 Å². The lowest BCUT2D eigenvalue weighted by Crippen LogP contribution is -2.42. The molecule has 0 aromatic rings. The lowest BCUT2D eigenvalue weighted by atomic mass is 9.71. The third-order valence-electron chi connectivity index (χ3n) is 5.09. The van der Waals surface area contributed by atoms with E-state index in [-0.39, 0.29) is 0 Å². The van der Waals surface area contributed by atoms with E-state index in [4.69, 9.17) is 0 Å². The van der Waals surface area contributed by atoms with Gasteiger partial charge < -0.3 is 10.2 Å². The van der Waals surface area contributed by atoms with E-state index in [2.05, 4.69) is 13.8 Å². The Bertz CT molecular complexity index is 229. The first-order valence-corrected chi connectivity index (χ1v) is 9.06. The smallest absolute Gasteiger partial charge is 0.0829 e. The molecular weight excluding hydrogens is 248 g/mol. The average molecular weight is 284 g/mol. The molecule has 2 N–H and O–H groups in total. The van der Waals surface area contributed by atoms with Crippen LogP contribution >= 0.6 is 0 Å². The van der Waals surface area contributed by atoms with E-state index in [1.807, 2.05) is 0 Å². The van der Waals surface area contributed by atoms with Gasteiger partial charge >= 0.3 is 0 Å². The monoisotopic (exact) mass is 284 g/mol. The van der Waals surface area contributed by atoms with Crippen LogP contribution in [-0.2, 0) is 0 Å². The number of hydrogen-bond acceptors (Lipinski definition) is 2. The summed E-state index contributed by atoms with van der Waals surface area (Å²) in [5, 5.41) is 20.2. The molecule has 0 heterocycles. The van der Waals surface area contributed by atoms with Gasteiger partial charge in [0.1, 0.15) is 0 Å². The zero-order valence-electron chi connectivity index (χ0n) is 13.7. The van der Waals surface area contributed by atoms with Crippen LogP contribution in [0.4, 0.5) is 0 Å². The maximum atomic E-state index is 10.3. The molecule has 0 aliphatic heterocycles. The van der Waals surface area contributed by atoms with Gasteiger partial charge in [0.2, 0.25) is 0 Å². The van der Waals surface area contributed by atoms with Crippen LogP contribution in [0, 0.1) is 11.8 Å². The largest absolute Gasteiger partial charge is 0.390 e. The second kappa shape index (κ2) is 10.6. The predicted molar refractivity (Wildman–Crippen MR) is 85.7 cm³/mol. The van der Waals surface area contributed by atoms with Crippen molar-refractivity contribution in [2.24, 2.45) is 11.8 Å². The quantitative estimate of drug-likeness (QED) is 0.572. The molecule has 120 valence electrons. The van der Waals surface area contributed by atoms with Gasteiger partial charge in [0.15, 0.2) is 0 Å². The molecule has 0 amide bonds.